The Morgan fingerprint density at radius 3 is 3.11 bits per heavy atom. The van der Waals surface area contributed by atoms with Gasteiger partial charge in [-0.15, -0.1) is 11.3 Å². The van der Waals surface area contributed by atoms with Crippen molar-refractivity contribution in [3.05, 3.63) is 35.0 Å². The first-order chi connectivity index (χ1) is 8.72. The summed E-state index contributed by atoms with van der Waals surface area (Å²) >= 11 is 1.40. The molecule has 1 aromatic heterocycles. The number of hydrogen-bond donors (Lipinski definition) is 2. The van der Waals surface area contributed by atoms with E-state index < -0.39 is 0 Å². The van der Waals surface area contributed by atoms with Gasteiger partial charge in [0.1, 0.15) is 5.82 Å². The molecule has 1 fully saturated rings. The molecule has 3 rings (SSSR count). The molecule has 1 amide bonds. The third-order valence-corrected chi connectivity index (χ3v) is 4.21. The minimum absolute atomic E-state index is 0.0645. The fourth-order valence-corrected chi connectivity index (χ4v) is 3.11. The zero-order valence-corrected chi connectivity index (χ0v) is 10.5. The molecule has 1 aliphatic heterocycles. The predicted octanol–water partition coefficient (Wildman–Crippen LogP) is 2.13. The summed E-state index contributed by atoms with van der Waals surface area (Å²) in [6.45, 7) is 1.77. The van der Waals surface area contributed by atoms with E-state index >= 15 is 0 Å². The van der Waals surface area contributed by atoms with Gasteiger partial charge in [0, 0.05) is 17.3 Å². The summed E-state index contributed by atoms with van der Waals surface area (Å²) in [4.78, 5) is 12.7. The van der Waals surface area contributed by atoms with Crippen molar-refractivity contribution in [1.82, 2.24) is 10.6 Å². The molecule has 1 atom stereocenters. The van der Waals surface area contributed by atoms with Gasteiger partial charge in [-0.2, -0.15) is 0 Å². The van der Waals surface area contributed by atoms with Crippen LogP contribution in [0.1, 0.15) is 16.1 Å². The quantitative estimate of drug-likeness (QED) is 0.872. The van der Waals surface area contributed by atoms with Crippen LogP contribution in [-0.4, -0.2) is 25.0 Å². The smallest absolute Gasteiger partial charge is 0.261 e. The topological polar surface area (TPSA) is 41.1 Å². The number of nitrogens with one attached hydrogen (secondary N) is 2. The normalized spacial score (nSPS) is 19.3. The second-order valence-electron chi connectivity index (χ2n) is 4.46. The van der Waals surface area contributed by atoms with E-state index in [-0.39, 0.29) is 17.8 Å². The van der Waals surface area contributed by atoms with Crippen LogP contribution in [0.3, 0.4) is 0 Å². The van der Waals surface area contributed by atoms with E-state index in [4.69, 9.17) is 0 Å². The van der Waals surface area contributed by atoms with Crippen LogP contribution in [0.5, 0.6) is 0 Å². The van der Waals surface area contributed by atoms with Crippen LogP contribution in [0.25, 0.3) is 10.1 Å². The summed E-state index contributed by atoms with van der Waals surface area (Å²) in [6.07, 6.45) is 0.964. The molecular formula is C13H13FN2OS. The Kier molecular flexibility index (Phi) is 3.01. The van der Waals surface area contributed by atoms with Crippen LogP contribution >= 0.6 is 11.3 Å². The summed E-state index contributed by atoms with van der Waals surface area (Å²) < 4.78 is 14.0. The van der Waals surface area contributed by atoms with Gasteiger partial charge in [-0.25, -0.2) is 4.39 Å². The molecule has 1 aliphatic rings. The molecule has 2 heterocycles. The Hall–Kier alpha value is -1.46. The summed E-state index contributed by atoms with van der Waals surface area (Å²) in [5.74, 6) is -0.336. The summed E-state index contributed by atoms with van der Waals surface area (Å²) in [7, 11) is 0. The number of benzene rings is 1. The molecule has 0 aliphatic carbocycles. The molecule has 0 spiro atoms. The van der Waals surface area contributed by atoms with Gasteiger partial charge in [0.2, 0.25) is 0 Å². The van der Waals surface area contributed by atoms with Crippen LogP contribution in [-0.2, 0) is 0 Å². The van der Waals surface area contributed by atoms with E-state index in [1.165, 1.54) is 23.5 Å². The van der Waals surface area contributed by atoms with Crippen molar-refractivity contribution in [3.8, 4) is 0 Å². The van der Waals surface area contributed by atoms with E-state index in [2.05, 4.69) is 10.6 Å². The van der Waals surface area contributed by atoms with Gasteiger partial charge >= 0.3 is 0 Å². The zero-order valence-electron chi connectivity index (χ0n) is 9.70. The van der Waals surface area contributed by atoms with Gasteiger partial charge in [0.25, 0.3) is 5.91 Å². The van der Waals surface area contributed by atoms with Crippen LogP contribution in [0, 0.1) is 5.82 Å². The number of amides is 1. The van der Waals surface area contributed by atoms with Gasteiger partial charge in [0.15, 0.2) is 0 Å². The lowest BCUT2D eigenvalue weighted by atomic mass is 10.2. The third-order valence-electron chi connectivity index (χ3n) is 3.10. The molecular weight excluding hydrogens is 251 g/mol. The Morgan fingerprint density at radius 1 is 1.44 bits per heavy atom. The number of rotatable bonds is 2. The van der Waals surface area contributed by atoms with Crippen molar-refractivity contribution in [2.24, 2.45) is 0 Å². The highest BCUT2D eigenvalue weighted by Gasteiger charge is 2.18. The number of carbonyl (C=O) groups is 1. The fourth-order valence-electron chi connectivity index (χ4n) is 2.16. The van der Waals surface area contributed by atoms with Crippen molar-refractivity contribution in [2.75, 3.05) is 13.1 Å². The molecule has 1 unspecified atom stereocenters. The highest BCUT2D eigenvalue weighted by atomic mass is 32.1. The van der Waals surface area contributed by atoms with Crippen LogP contribution in [0.15, 0.2) is 24.3 Å². The molecule has 2 N–H and O–H groups in total. The second kappa shape index (κ2) is 4.66. The van der Waals surface area contributed by atoms with E-state index in [1.807, 2.05) is 0 Å². The Morgan fingerprint density at radius 2 is 2.33 bits per heavy atom. The minimum atomic E-state index is -0.271. The average molecular weight is 264 g/mol. The van der Waals surface area contributed by atoms with Gasteiger partial charge < -0.3 is 10.6 Å². The molecule has 1 saturated heterocycles. The third kappa shape index (κ3) is 2.23. The van der Waals surface area contributed by atoms with Gasteiger partial charge in [0.05, 0.1) is 4.88 Å². The minimum Gasteiger partial charge on any atom is -0.347 e. The van der Waals surface area contributed by atoms with Crippen molar-refractivity contribution < 1.29 is 9.18 Å². The standard InChI is InChI=1S/C13H13FN2OS/c14-9-1-2-11-8(5-9)6-12(18-11)13(17)16-10-3-4-15-7-10/h1-2,5-6,10,15H,3-4,7H2,(H,16,17). The lowest BCUT2D eigenvalue weighted by molar-refractivity contribution is 0.0944. The zero-order chi connectivity index (χ0) is 12.5. The summed E-state index contributed by atoms with van der Waals surface area (Å²) in [5, 5.41) is 6.98. The van der Waals surface area contributed by atoms with Gasteiger partial charge in [-0.05, 0) is 42.6 Å². The molecule has 3 nitrogen and oxygen atoms in total. The first-order valence-electron chi connectivity index (χ1n) is 5.93. The first kappa shape index (κ1) is 11.6. The lowest BCUT2D eigenvalue weighted by Gasteiger charge is -2.09. The second-order valence-corrected chi connectivity index (χ2v) is 5.54. The monoisotopic (exact) mass is 264 g/mol. The highest BCUT2D eigenvalue weighted by Crippen LogP contribution is 2.26. The van der Waals surface area contributed by atoms with Crippen molar-refractivity contribution in [3.63, 3.8) is 0 Å². The fraction of sp³-hybridized carbons (Fsp3) is 0.308. The van der Waals surface area contributed by atoms with Crippen molar-refractivity contribution >= 4 is 27.3 Å². The predicted molar refractivity (Wildman–Crippen MR) is 70.5 cm³/mol. The number of carbonyl (C=O) groups excluding carboxylic acids is 1. The van der Waals surface area contributed by atoms with Crippen LogP contribution in [0.4, 0.5) is 4.39 Å². The SMILES string of the molecule is O=C(NC1CCNC1)c1cc2cc(F)ccc2s1. The number of fused-ring (bicyclic) bond motifs is 1. The largest absolute Gasteiger partial charge is 0.347 e. The number of thiophene rings is 1. The highest BCUT2D eigenvalue weighted by molar-refractivity contribution is 7.20. The molecule has 0 radical (unpaired) electrons. The lowest BCUT2D eigenvalue weighted by Crippen LogP contribution is -2.35. The molecule has 94 valence electrons. The van der Waals surface area contributed by atoms with Crippen molar-refractivity contribution in [2.45, 2.75) is 12.5 Å². The number of halogens is 1. The summed E-state index contributed by atoms with van der Waals surface area (Å²) in [5.41, 5.74) is 0. The maximum Gasteiger partial charge on any atom is 0.261 e. The molecule has 0 saturated carbocycles. The molecule has 0 bridgehead atoms. The van der Waals surface area contributed by atoms with E-state index in [0.717, 1.165) is 29.6 Å². The summed E-state index contributed by atoms with van der Waals surface area (Å²) in [6, 6.07) is 6.55. The molecule has 18 heavy (non-hydrogen) atoms. The Balaban J connectivity index is 1.82. The van der Waals surface area contributed by atoms with E-state index in [1.54, 1.807) is 12.1 Å². The maximum absolute atomic E-state index is 13.1. The molecule has 5 heteroatoms. The van der Waals surface area contributed by atoms with E-state index in [9.17, 15) is 9.18 Å². The Labute approximate surface area is 108 Å². The average Bonchev–Trinajstić information content (AvgIpc) is 2.96. The van der Waals surface area contributed by atoms with Gasteiger partial charge in [-0.1, -0.05) is 0 Å². The van der Waals surface area contributed by atoms with Gasteiger partial charge in [-0.3, -0.25) is 4.79 Å². The molecule has 2 aromatic rings. The first-order valence-corrected chi connectivity index (χ1v) is 6.75. The van der Waals surface area contributed by atoms with E-state index in [0.29, 0.717) is 4.88 Å². The Bertz CT molecular complexity index is 590. The number of hydrogen-bond acceptors (Lipinski definition) is 3. The maximum atomic E-state index is 13.1. The van der Waals surface area contributed by atoms with Crippen molar-refractivity contribution in [1.29, 1.82) is 0 Å². The van der Waals surface area contributed by atoms with Crippen LogP contribution in [0.2, 0.25) is 0 Å². The molecule has 1 aromatic carbocycles. The van der Waals surface area contributed by atoms with Crippen LogP contribution < -0.4 is 10.6 Å².